The van der Waals surface area contributed by atoms with Gasteiger partial charge in [0.15, 0.2) is 17.5 Å². The number of rotatable bonds is 6. The van der Waals surface area contributed by atoms with E-state index in [2.05, 4.69) is 184 Å². The molecule has 0 spiro atoms. The largest absolute Gasteiger partial charge is 0.456 e. The molecule has 11 rings (SSSR count). The number of benzene rings is 8. The monoisotopic (exact) mass is 756 g/mol. The Kier molecular flexibility index (Phi) is 8.19. The summed E-state index contributed by atoms with van der Waals surface area (Å²) in [6.45, 7) is 4.17. The molecule has 5 nitrogen and oxygen atoms in total. The van der Waals surface area contributed by atoms with Gasteiger partial charge in [0.25, 0.3) is 0 Å². The van der Waals surface area contributed by atoms with Crippen LogP contribution in [0.3, 0.4) is 0 Å². The number of para-hydroxylation sites is 2. The normalized spacial score (nSPS) is 11.6. The summed E-state index contributed by atoms with van der Waals surface area (Å²) < 4.78 is 6.68. The van der Waals surface area contributed by atoms with Crippen LogP contribution in [0.5, 0.6) is 0 Å². The van der Waals surface area contributed by atoms with Gasteiger partial charge in [-0.3, -0.25) is 0 Å². The Hall–Kier alpha value is -7.76. The van der Waals surface area contributed by atoms with Crippen molar-refractivity contribution >= 4 is 43.6 Å². The molecule has 0 aliphatic rings. The van der Waals surface area contributed by atoms with Crippen molar-refractivity contribution in [3.05, 3.63) is 193 Å². The highest BCUT2D eigenvalue weighted by Crippen LogP contribution is 2.46. The second-order valence-corrected chi connectivity index (χ2v) is 15.2. The molecule has 0 saturated carbocycles. The average molecular weight is 757 g/mol. The lowest BCUT2D eigenvalue weighted by atomic mass is 9.89. The Labute approximate surface area is 341 Å². The maximum absolute atomic E-state index is 6.68. The molecule has 8 aromatic carbocycles. The molecule has 5 heteroatoms. The molecular weight excluding hydrogens is 721 g/mol. The lowest BCUT2D eigenvalue weighted by molar-refractivity contribution is 0.669. The molecule has 11 aromatic rings. The topological polar surface area (TPSA) is 64.7 Å². The number of nitrogens with zero attached hydrogens (tertiary/aromatic N) is 4. The molecule has 0 radical (unpaired) electrons. The van der Waals surface area contributed by atoms with Crippen molar-refractivity contribution in [1.82, 2.24) is 19.9 Å². The van der Waals surface area contributed by atoms with Crippen LogP contribution in [0.4, 0.5) is 0 Å². The molecule has 0 amide bonds. The summed E-state index contributed by atoms with van der Waals surface area (Å²) in [7, 11) is 0. The van der Waals surface area contributed by atoms with E-state index in [1.807, 2.05) is 12.1 Å². The highest BCUT2D eigenvalue weighted by molar-refractivity contribution is 6.27. The van der Waals surface area contributed by atoms with Gasteiger partial charge in [0, 0.05) is 54.7 Å². The van der Waals surface area contributed by atoms with Gasteiger partial charge in [0.2, 0.25) is 0 Å². The Morgan fingerprint density at radius 1 is 0.339 bits per heavy atom. The predicted molar refractivity (Wildman–Crippen MR) is 242 cm³/mol. The van der Waals surface area contributed by atoms with Gasteiger partial charge >= 0.3 is 0 Å². The van der Waals surface area contributed by atoms with Crippen LogP contribution in [0.15, 0.2) is 186 Å². The highest BCUT2D eigenvalue weighted by atomic mass is 16.3. The van der Waals surface area contributed by atoms with Crippen molar-refractivity contribution in [1.29, 1.82) is 0 Å². The van der Waals surface area contributed by atoms with Crippen LogP contribution in [0, 0.1) is 13.8 Å². The molecule has 0 saturated heterocycles. The summed E-state index contributed by atoms with van der Waals surface area (Å²) in [6.07, 6.45) is 0. The maximum atomic E-state index is 6.68. The van der Waals surface area contributed by atoms with Gasteiger partial charge in [-0.1, -0.05) is 169 Å². The minimum atomic E-state index is 0.594. The standard InChI is InChI=1S/C54H36N4O/c1-33-19-23-38(24-20-33)52-56-53(39-25-21-34(2)22-26-39)58-54(57-52)41-14-10-13-40(31-41)51-44-32-47-50(43-16-7-9-18-46(43)59-47)48(49(44)42-15-6-8-17-45(42)55-51)37-29-27-36(28-30-37)35-11-4-3-5-12-35/h3-32H,1-2H3. The lowest BCUT2D eigenvalue weighted by Crippen LogP contribution is -2.00. The Bertz CT molecular complexity index is 3310. The van der Waals surface area contributed by atoms with Crippen LogP contribution in [0.1, 0.15) is 11.1 Å². The SMILES string of the molecule is Cc1ccc(-c2nc(-c3ccc(C)cc3)nc(-c3cccc(-c4nc5ccccc5c5c(-c6ccc(-c7ccccc7)cc6)c6c(cc45)oc4ccccc46)c3)n2)cc1. The number of fused-ring (bicyclic) bond motifs is 6. The summed E-state index contributed by atoms with van der Waals surface area (Å²) >= 11 is 0. The molecular formula is C54H36N4O. The third-order valence-corrected chi connectivity index (χ3v) is 11.3. The van der Waals surface area contributed by atoms with Crippen molar-refractivity contribution in [2.24, 2.45) is 0 Å². The molecule has 0 aliphatic carbocycles. The molecule has 278 valence electrons. The van der Waals surface area contributed by atoms with Gasteiger partial charge in [-0.05, 0) is 54.8 Å². The summed E-state index contributed by atoms with van der Waals surface area (Å²) in [5, 5.41) is 5.39. The number of aromatic nitrogens is 4. The van der Waals surface area contributed by atoms with Crippen molar-refractivity contribution in [2.75, 3.05) is 0 Å². The number of pyridine rings is 1. The predicted octanol–water partition coefficient (Wildman–Crippen LogP) is 14.1. The van der Waals surface area contributed by atoms with E-state index in [0.717, 1.165) is 82.7 Å². The highest BCUT2D eigenvalue weighted by Gasteiger charge is 2.22. The lowest BCUT2D eigenvalue weighted by Gasteiger charge is -2.16. The van der Waals surface area contributed by atoms with E-state index in [1.54, 1.807) is 0 Å². The molecule has 0 aliphatic heterocycles. The van der Waals surface area contributed by atoms with Crippen molar-refractivity contribution in [3.63, 3.8) is 0 Å². The Morgan fingerprint density at radius 3 is 1.56 bits per heavy atom. The minimum absolute atomic E-state index is 0.594. The van der Waals surface area contributed by atoms with Gasteiger partial charge < -0.3 is 4.42 Å². The quantitative estimate of drug-likeness (QED) is 0.158. The molecule has 0 N–H and O–H groups in total. The van der Waals surface area contributed by atoms with E-state index >= 15 is 0 Å². The van der Waals surface area contributed by atoms with Gasteiger partial charge in [-0.25, -0.2) is 19.9 Å². The van der Waals surface area contributed by atoms with Crippen LogP contribution < -0.4 is 0 Å². The fourth-order valence-electron chi connectivity index (χ4n) is 8.26. The number of aryl methyl sites for hydroxylation is 2. The van der Waals surface area contributed by atoms with E-state index in [1.165, 1.54) is 22.3 Å². The first-order chi connectivity index (χ1) is 29.0. The van der Waals surface area contributed by atoms with Gasteiger partial charge in [-0.15, -0.1) is 0 Å². The van der Waals surface area contributed by atoms with Gasteiger partial charge in [0.05, 0.1) is 11.2 Å². The summed E-state index contributed by atoms with van der Waals surface area (Å²) in [6, 6.07) is 63.4. The van der Waals surface area contributed by atoms with Crippen LogP contribution in [-0.4, -0.2) is 19.9 Å². The molecule has 0 bridgehead atoms. The van der Waals surface area contributed by atoms with Crippen molar-refractivity contribution in [3.8, 4) is 67.7 Å². The zero-order valence-corrected chi connectivity index (χ0v) is 32.5. The first-order valence-electron chi connectivity index (χ1n) is 19.9. The Morgan fingerprint density at radius 2 is 0.864 bits per heavy atom. The summed E-state index contributed by atoms with van der Waals surface area (Å²) in [4.78, 5) is 20.6. The second kappa shape index (κ2) is 14.0. The number of hydrogen-bond acceptors (Lipinski definition) is 5. The molecule has 0 fully saturated rings. The zero-order valence-electron chi connectivity index (χ0n) is 32.5. The van der Waals surface area contributed by atoms with Crippen LogP contribution in [-0.2, 0) is 0 Å². The van der Waals surface area contributed by atoms with E-state index in [4.69, 9.17) is 24.4 Å². The molecule has 0 unspecified atom stereocenters. The first kappa shape index (κ1) is 34.5. The fraction of sp³-hybridized carbons (Fsp3) is 0.0370. The van der Waals surface area contributed by atoms with E-state index in [0.29, 0.717) is 17.5 Å². The Balaban J connectivity index is 1.15. The number of hydrogen-bond donors (Lipinski definition) is 0. The van der Waals surface area contributed by atoms with Crippen molar-refractivity contribution < 1.29 is 4.42 Å². The molecule has 0 atom stereocenters. The van der Waals surface area contributed by atoms with E-state index in [9.17, 15) is 0 Å². The molecule has 59 heavy (non-hydrogen) atoms. The first-order valence-corrected chi connectivity index (χ1v) is 19.9. The van der Waals surface area contributed by atoms with Crippen LogP contribution >= 0.6 is 0 Å². The third kappa shape index (κ3) is 6.12. The smallest absolute Gasteiger partial charge is 0.164 e. The summed E-state index contributed by atoms with van der Waals surface area (Å²) in [5.41, 5.74) is 14.1. The third-order valence-electron chi connectivity index (χ3n) is 11.3. The average Bonchev–Trinajstić information content (AvgIpc) is 3.67. The van der Waals surface area contributed by atoms with E-state index in [-0.39, 0.29) is 0 Å². The van der Waals surface area contributed by atoms with E-state index < -0.39 is 0 Å². The second-order valence-electron chi connectivity index (χ2n) is 15.2. The minimum Gasteiger partial charge on any atom is -0.456 e. The zero-order chi connectivity index (χ0) is 39.5. The molecule has 3 aromatic heterocycles. The van der Waals surface area contributed by atoms with Crippen LogP contribution in [0.2, 0.25) is 0 Å². The summed E-state index contributed by atoms with van der Waals surface area (Å²) in [5.74, 6) is 1.85. The van der Waals surface area contributed by atoms with Crippen LogP contribution in [0.25, 0.3) is 111 Å². The fourth-order valence-corrected chi connectivity index (χ4v) is 8.26. The van der Waals surface area contributed by atoms with Gasteiger partial charge in [0.1, 0.15) is 11.2 Å². The maximum Gasteiger partial charge on any atom is 0.164 e. The van der Waals surface area contributed by atoms with Gasteiger partial charge in [-0.2, -0.15) is 0 Å². The van der Waals surface area contributed by atoms with Crippen molar-refractivity contribution in [2.45, 2.75) is 13.8 Å². The number of furan rings is 1. The molecule has 3 heterocycles.